The lowest BCUT2D eigenvalue weighted by Gasteiger charge is -2.22. The van der Waals surface area contributed by atoms with Crippen molar-refractivity contribution in [2.45, 2.75) is 52.4 Å². The Labute approximate surface area is 170 Å². The van der Waals surface area contributed by atoms with E-state index in [0.717, 1.165) is 35.3 Å². The second-order valence-electron chi connectivity index (χ2n) is 8.50. The third-order valence-electron chi connectivity index (χ3n) is 5.06. The molecule has 1 atom stereocenters. The second-order valence-corrected chi connectivity index (χ2v) is 9.61. The molecule has 1 aliphatic carbocycles. The van der Waals surface area contributed by atoms with Crippen molar-refractivity contribution in [2.75, 3.05) is 11.9 Å². The van der Waals surface area contributed by atoms with E-state index in [1.54, 1.807) is 0 Å². The molecule has 0 fully saturated rings. The fourth-order valence-corrected chi connectivity index (χ4v) is 5.05. The SMILES string of the molecule is CC1CCc2c(sc(NC(=O)COc3ccccc3C(C)(C)C)c2C(N)=O)C1. The third kappa shape index (κ3) is 4.38. The number of benzene rings is 1. The first-order chi connectivity index (χ1) is 13.2. The van der Waals surface area contributed by atoms with Crippen LogP contribution in [0.3, 0.4) is 0 Å². The number of rotatable bonds is 5. The molecule has 0 saturated carbocycles. The van der Waals surface area contributed by atoms with Crippen LogP contribution in [0.25, 0.3) is 0 Å². The number of fused-ring (bicyclic) bond motifs is 1. The summed E-state index contributed by atoms with van der Waals surface area (Å²) in [4.78, 5) is 25.7. The Kier molecular flexibility index (Phi) is 5.79. The summed E-state index contributed by atoms with van der Waals surface area (Å²) in [5, 5.41) is 3.39. The quantitative estimate of drug-likeness (QED) is 0.786. The van der Waals surface area contributed by atoms with Gasteiger partial charge in [0.05, 0.1) is 5.56 Å². The molecule has 1 unspecified atom stereocenters. The van der Waals surface area contributed by atoms with Crippen LogP contribution < -0.4 is 15.8 Å². The van der Waals surface area contributed by atoms with E-state index in [-0.39, 0.29) is 17.9 Å². The smallest absolute Gasteiger partial charge is 0.262 e. The predicted octanol–water partition coefficient (Wildman–Crippen LogP) is 4.29. The van der Waals surface area contributed by atoms with Crippen molar-refractivity contribution in [1.29, 1.82) is 0 Å². The average Bonchev–Trinajstić information content (AvgIpc) is 2.96. The fraction of sp³-hybridized carbons (Fsp3) is 0.455. The lowest BCUT2D eigenvalue weighted by Crippen LogP contribution is -2.23. The number of primary amides is 1. The van der Waals surface area contributed by atoms with Gasteiger partial charge in [0.15, 0.2) is 6.61 Å². The molecule has 150 valence electrons. The van der Waals surface area contributed by atoms with E-state index in [4.69, 9.17) is 10.5 Å². The first-order valence-corrected chi connectivity index (χ1v) is 10.4. The highest BCUT2D eigenvalue weighted by atomic mass is 32.1. The van der Waals surface area contributed by atoms with Gasteiger partial charge in [0, 0.05) is 4.88 Å². The number of ether oxygens (including phenoxy) is 1. The van der Waals surface area contributed by atoms with Gasteiger partial charge in [-0.15, -0.1) is 11.3 Å². The molecule has 0 radical (unpaired) electrons. The van der Waals surface area contributed by atoms with Crippen LogP contribution in [0.4, 0.5) is 5.00 Å². The molecule has 5 nitrogen and oxygen atoms in total. The molecule has 6 heteroatoms. The van der Waals surface area contributed by atoms with Crippen LogP contribution in [0.2, 0.25) is 0 Å². The number of para-hydroxylation sites is 1. The number of carbonyl (C=O) groups excluding carboxylic acids is 2. The Hall–Kier alpha value is -2.34. The van der Waals surface area contributed by atoms with Crippen LogP contribution >= 0.6 is 11.3 Å². The molecule has 28 heavy (non-hydrogen) atoms. The maximum absolute atomic E-state index is 12.5. The van der Waals surface area contributed by atoms with Crippen molar-refractivity contribution in [1.82, 2.24) is 0 Å². The topological polar surface area (TPSA) is 81.4 Å². The molecule has 1 aromatic heterocycles. The van der Waals surface area contributed by atoms with Crippen LogP contribution in [-0.4, -0.2) is 18.4 Å². The lowest BCUT2D eigenvalue weighted by atomic mass is 9.86. The minimum atomic E-state index is -0.485. The number of amides is 2. The van der Waals surface area contributed by atoms with Crippen molar-refractivity contribution >= 4 is 28.2 Å². The van der Waals surface area contributed by atoms with Gasteiger partial charge in [0.25, 0.3) is 11.8 Å². The zero-order chi connectivity index (χ0) is 20.5. The summed E-state index contributed by atoms with van der Waals surface area (Å²) >= 11 is 1.46. The molecule has 3 N–H and O–H groups in total. The molecule has 1 aliphatic rings. The van der Waals surface area contributed by atoms with E-state index in [1.807, 2.05) is 24.3 Å². The monoisotopic (exact) mass is 400 g/mol. The van der Waals surface area contributed by atoms with Crippen molar-refractivity contribution in [3.05, 3.63) is 45.8 Å². The number of hydrogen-bond donors (Lipinski definition) is 2. The molecule has 0 bridgehead atoms. The van der Waals surface area contributed by atoms with Crippen molar-refractivity contribution in [3.8, 4) is 5.75 Å². The fourth-order valence-electron chi connectivity index (χ4n) is 3.62. The number of nitrogens with two attached hydrogens (primary N) is 1. The van der Waals surface area contributed by atoms with Gasteiger partial charge in [-0.1, -0.05) is 45.9 Å². The molecule has 0 aliphatic heterocycles. The Bertz CT molecular complexity index is 896. The summed E-state index contributed by atoms with van der Waals surface area (Å²) in [6.45, 7) is 8.39. The van der Waals surface area contributed by atoms with E-state index >= 15 is 0 Å². The van der Waals surface area contributed by atoms with E-state index in [0.29, 0.717) is 22.2 Å². The summed E-state index contributed by atoms with van der Waals surface area (Å²) in [5.41, 5.74) is 8.04. The molecule has 0 spiro atoms. The highest BCUT2D eigenvalue weighted by Gasteiger charge is 2.27. The van der Waals surface area contributed by atoms with Crippen LogP contribution in [0.15, 0.2) is 24.3 Å². The standard InChI is InChI=1S/C22H28N2O3S/c1-13-9-10-14-17(11-13)28-21(19(14)20(23)26)24-18(25)12-27-16-8-6-5-7-15(16)22(2,3)4/h5-8,13H,9-12H2,1-4H3,(H2,23,26)(H,24,25). The van der Waals surface area contributed by atoms with E-state index in [9.17, 15) is 9.59 Å². The number of nitrogens with one attached hydrogen (secondary N) is 1. The van der Waals surface area contributed by atoms with Gasteiger partial charge in [0.1, 0.15) is 10.8 Å². The van der Waals surface area contributed by atoms with Gasteiger partial charge >= 0.3 is 0 Å². The van der Waals surface area contributed by atoms with Crippen molar-refractivity contribution in [3.63, 3.8) is 0 Å². The first kappa shape index (κ1) is 20.4. The number of carbonyl (C=O) groups is 2. The Morgan fingerprint density at radius 2 is 2.00 bits per heavy atom. The van der Waals surface area contributed by atoms with Crippen molar-refractivity contribution < 1.29 is 14.3 Å². The van der Waals surface area contributed by atoms with E-state index < -0.39 is 5.91 Å². The molecule has 2 amide bonds. The minimum Gasteiger partial charge on any atom is -0.483 e. The molecule has 1 heterocycles. The van der Waals surface area contributed by atoms with Gasteiger partial charge in [-0.25, -0.2) is 0 Å². The Morgan fingerprint density at radius 3 is 2.68 bits per heavy atom. The number of hydrogen-bond acceptors (Lipinski definition) is 4. The maximum Gasteiger partial charge on any atom is 0.262 e. The molecular weight excluding hydrogens is 372 g/mol. The highest BCUT2D eigenvalue weighted by Crippen LogP contribution is 2.39. The zero-order valence-corrected chi connectivity index (χ0v) is 17.7. The summed E-state index contributed by atoms with van der Waals surface area (Å²) in [5.74, 6) is 0.492. The Morgan fingerprint density at radius 1 is 1.29 bits per heavy atom. The summed E-state index contributed by atoms with van der Waals surface area (Å²) < 4.78 is 5.79. The van der Waals surface area contributed by atoms with Crippen LogP contribution in [0.1, 0.15) is 60.5 Å². The minimum absolute atomic E-state index is 0.0876. The van der Waals surface area contributed by atoms with E-state index in [1.165, 1.54) is 11.3 Å². The third-order valence-corrected chi connectivity index (χ3v) is 6.23. The second kappa shape index (κ2) is 7.95. The summed E-state index contributed by atoms with van der Waals surface area (Å²) in [6.07, 6.45) is 2.78. The average molecular weight is 401 g/mol. The van der Waals surface area contributed by atoms with E-state index in [2.05, 4.69) is 33.0 Å². The number of anilines is 1. The highest BCUT2D eigenvalue weighted by molar-refractivity contribution is 7.17. The molecular formula is C22H28N2O3S. The van der Waals surface area contributed by atoms with Crippen LogP contribution in [0.5, 0.6) is 5.75 Å². The summed E-state index contributed by atoms with van der Waals surface area (Å²) in [7, 11) is 0. The zero-order valence-electron chi connectivity index (χ0n) is 16.9. The van der Waals surface area contributed by atoms with Gasteiger partial charge in [-0.05, 0) is 47.8 Å². The molecule has 2 aromatic rings. The Balaban J connectivity index is 1.74. The van der Waals surface area contributed by atoms with Crippen LogP contribution in [0, 0.1) is 5.92 Å². The van der Waals surface area contributed by atoms with Crippen LogP contribution in [-0.2, 0) is 23.1 Å². The molecule has 3 rings (SSSR count). The van der Waals surface area contributed by atoms with Gasteiger partial charge < -0.3 is 15.8 Å². The normalized spacial score (nSPS) is 16.4. The van der Waals surface area contributed by atoms with Gasteiger partial charge in [0.2, 0.25) is 0 Å². The van der Waals surface area contributed by atoms with Gasteiger partial charge in [-0.3, -0.25) is 9.59 Å². The van der Waals surface area contributed by atoms with Crippen molar-refractivity contribution in [2.24, 2.45) is 11.7 Å². The maximum atomic E-state index is 12.5. The molecule has 0 saturated heterocycles. The first-order valence-electron chi connectivity index (χ1n) is 9.63. The summed E-state index contributed by atoms with van der Waals surface area (Å²) in [6, 6.07) is 7.73. The largest absolute Gasteiger partial charge is 0.483 e. The molecule has 1 aromatic carbocycles. The number of thiophene rings is 1. The van der Waals surface area contributed by atoms with Gasteiger partial charge in [-0.2, -0.15) is 0 Å². The lowest BCUT2D eigenvalue weighted by molar-refractivity contribution is -0.118. The predicted molar refractivity (Wildman–Crippen MR) is 113 cm³/mol.